The van der Waals surface area contributed by atoms with Crippen LogP contribution in [0.15, 0.2) is 36.5 Å². The second-order valence-electron chi connectivity index (χ2n) is 6.57. The number of ether oxygens (including phenoxy) is 1. The molecule has 0 amide bonds. The lowest BCUT2D eigenvalue weighted by atomic mass is 9.86. The summed E-state index contributed by atoms with van der Waals surface area (Å²) in [5, 5.41) is 0. The number of aryl methyl sites for hydroxylation is 1. The minimum atomic E-state index is -0.0179. The standard InChI is InChI=1S/C18H24N2O/c1-12-6-8-15(18(3,4)5)16(10-12)21-17-9-7-14(11-20-17)13(2)19/h6-11,13H,19H2,1-5H3/t13-/m1/s1. The zero-order chi connectivity index (χ0) is 15.6. The molecule has 1 atom stereocenters. The van der Waals surface area contributed by atoms with Crippen LogP contribution in [-0.4, -0.2) is 4.98 Å². The van der Waals surface area contributed by atoms with Gasteiger partial charge in [-0.15, -0.1) is 0 Å². The van der Waals surface area contributed by atoms with Gasteiger partial charge in [-0.25, -0.2) is 4.98 Å². The van der Waals surface area contributed by atoms with Crippen LogP contribution in [0.1, 0.15) is 50.4 Å². The first-order chi connectivity index (χ1) is 9.77. The predicted octanol–water partition coefficient (Wildman–Crippen LogP) is 4.50. The largest absolute Gasteiger partial charge is 0.439 e. The van der Waals surface area contributed by atoms with Gasteiger partial charge < -0.3 is 10.5 Å². The summed E-state index contributed by atoms with van der Waals surface area (Å²) in [6, 6.07) is 10.1. The molecule has 0 saturated carbocycles. The highest BCUT2D eigenvalue weighted by molar-refractivity contribution is 5.43. The van der Waals surface area contributed by atoms with Crippen molar-refractivity contribution in [2.45, 2.75) is 46.1 Å². The molecule has 0 aliphatic heterocycles. The van der Waals surface area contributed by atoms with Crippen molar-refractivity contribution in [1.29, 1.82) is 0 Å². The van der Waals surface area contributed by atoms with E-state index in [-0.39, 0.29) is 11.5 Å². The van der Waals surface area contributed by atoms with E-state index in [1.807, 2.05) is 19.1 Å². The van der Waals surface area contributed by atoms with Crippen molar-refractivity contribution >= 4 is 0 Å². The molecular weight excluding hydrogens is 260 g/mol. The topological polar surface area (TPSA) is 48.1 Å². The molecule has 2 rings (SSSR count). The van der Waals surface area contributed by atoms with Crippen LogP contribution in [0.25, 0.3) is 0 Å². The van der Waals surface area contributed by atoms with Crippen LogP contribution in [0.4, 0.5) is 0 Å². The van der Waals surface area contributed by atoms with Gasteiger partial charge in [-0.1, -0.05) is 39.0 Å². The molecule has 0 unspecified atom stereocenters. The van der Waals surface area contributed by atoms with Crippen LogP contribution in [0.2, 0.25) is 0 Å². The summed E-state index contributed by atoms with van der Waals surface area (Å²) in [5.41, 5.74) is 9.21. The molecule has 0 aliphatic carbocycles. The van der Waals surface area contributed by atoms with Gasteiger partial charge in [-0.3, -0.25) is 0 Å². The van der Waals surface area contributed by atoms with Crippen LogP contribution in [0.5, 0.6) is 11.6 Å². The summed E-state index contributed by atoms with van der Waals surface area (Å²) in [6.07, 6.45) is 1.77. The molecule has 2 aromatic rings. The first kappa shape index (κ1) is 15.5. The Labute approximate surface area is 127 Å². The third-order valence-corrected chi connectivity index (χ3v) is 3.44. The highest BCUT2D eigenvalue weighted by atomic mass is 16.5. The van der Waals surface area contributed by atoms with Crippen molar-refractivity contribution in [3.8, 4) is 11.6 Å². The van der Waals surface area contributed by atoms with Crippen LogP contribution in [-0.2, 0) is 5.41 Å². The number of aromatic nitrogens is 1. The predicted molar refractivity (Wildman–Crippen MR) is 86.8 cm³/mol. The Bertz CT molecular complexity index is 610. The Balaban J connectivity index is 2.32. The summed E-state index contributed by atoms with van der Waals surface area (Å²) >= 11 is 0. The van der Waals surface area contributed by atoms with Gasteiger partial charge in [-0.2, -0.15) is 0 Å². The average molecular weight is 284 g/mol. The Kier molecular flexibility index (Phi) is 4.33. The number of nitrogens with two attached hydrogens (primary N) is 1. The van der Waals surface area contributed by atoms with E-state index in [2.05, 4.69) is 50.9 Å². The smallest absolute Gasteiger partial charge is 0.219 e. The van der Waals surface area contributed by atoms with Gasteiger partial charge in [0, 0.05) is 23.9 Å². The van der Waals surface area contributed by atoms with E-state index in [9.17, 15) is 0 Å². The van der Waals surface area contributed by atoms with E-state index < -0.39 is 0 Å². The van der Waals surface area contributed by atoms with Crippen LogP contribution >= 0.6 is 0 Å². The molecule has 3 nitrogen and oxygen atoms in total. The normalized spacial score (nSPS) is 13.0. The van der Waals surface area contributed by atoms with Crippen molar-refractivity contribution in [2.24, 2.45) is 5.73 Å². The van der Waals surface area contributed by atoms with Crippen molar-refractivity contribution in [3.63, 3.8) is 0 Å². The molecule has 112 valence electrons. The van der Waals surface area contributed by atoms with Crippen LogP contribution < -0.4 is 10.5 Å². The van der Waals surface area contributed by atoms with Gasteiger partial charge in [0.1, 0.15) is 5.75 Å². The summed E-state index contributed by atoms with van der Waals surface area (Å²) in [6.45, 7) is 10.5. The maximum absolute atomic E-state index is 6.00. The quantitative estimate of drug-likeness (QED) is 0.902. The summed E-state index contributed by atoms with van der Waals surface area (Å²) in [7, 11) is 0. The summed E-state index contributed by atoms with van der Waals surface area (Å²) in [4.78, 5) is 4.35. The molecule has 21 heavy (non-hydrogen) atoms. The minimum absolute atomic E-state index is 0.0179. The summed E-state index contributed by atoms with van der Waals surface area (Å²) < 4.78 is 6.00. The zero-order valence-electron chi connectivity index (χ0n) is 13.5. The van der Waals surface area contributed by atoms with E-state index in [1.165, 1.54) is 11.1 Å². The van der Waals surface area contributed by atoms with Gasteiger partial charge in [-0.05, 0) is 36.5 Å². The number of hydrogen-bond donors (Lipinski definition) is 1. The molecule has 1 heterocycles. The Morgan fingerprint density at radius 1 is 1.14 bits per heavy atom. The number of rotatable bonds is 3. The highest BCUT2D eigenvalue weighted by Gasteiger charge is 2.19. The fraction of sp³-hybridized carbons (Fsp3) is 0.389. The molecule has 0 spiro atoms. The lowest BCUT2D eigenvalue weighted by molar-refractivity contribution is 0.439. The second-order valence-corrected chi connectivity index (χ2v) is 6.57. The fourth-order valence-electron chi connectivity index (χ4n) is 2.17. The SMILES string of the molecule is Cc1ccc(C(C)(C)C)c(Oc2ccc([C@@H](C)N)cn2)c1. The van der Waals surface area contributed by atoms with Gasteiger partial charge >= 0.3 is 0 Å². The van der Waals surface area contributed by atoms with Gasteiger partial charge in [0.2, 0.25) is 5.88 Å². The lowest BCUT2D eigenvalue weighted by Gasteiger charge is -2.23. The second kappa shape index (κ2) is 5.86. The van der Waals surface area contributed by atoms with Gasteiger partial charge in [0.05, 0.1) is 0 Å². The van der Waals surface area contributed by atoms with Crippen molar-refractivity contribution in [1.82, 2.24) is 4.98 Å². The molecular formula is C18H24N2O. The van der Waals surface area contributed by atoms with E-state index >= 15 is 0 Å². The average Bonchev–Trinajstić information content (AvgIpc) is 2.38. The van der Waals surface area contributed by atoms with Crippen molar-refractivity contribution < 1.29 is 4.74 Å². The lowest BCUT2D eigenvalue weighted by Crippen LogP contribution is -2.12. The van der Waals surface area contributed by atoms with E-state index in [0.29, 0.717) is 5.88 Å². The molecule has 0 saturated heterocycles. The molecule has 1 aromatic heterocycles. The highest BCUT2D eigenvalue weighted by Crippen LogP contribution is 2.34. The van der Waals surface area contributed by atoms with E-state index in [1.54, 1.807) is 6.20 Å². The molecule has 3 heteroatoms. The van der Waals surface area contributed by atoms with Crippen molar-refractivity contribution in [3.05, 3.63) is 53.2 Å². The first-order valence-corrected chi connectivity index (χ1v) is 7.28. The van der Waals surface area contributed by atoms with Gasteiger partial charge in [0.15, 0.2) is 0 Å². The molecule has 2 N–H and O–H groups in total. The fourth-order valence-corrected chi connectivity index (χ4v) is 2.17. The molecule has 1 aromatic carbocycles. The number of pyridine rings is 1. The molecule has 0 aliphatic rings. The summed E-state index contributed by atoms with van der Waals surface area (Å²) in [5.74, 6) is 1.46. The molecule has 0 fully saturated rings. The molecule has 0 bridgehead atoms. The Hall–Kier alpha value is -1.87. The number of hydrogen-bond acceptors (Lipinski definition) is 3. The molecule has 0 radical (unpaired) electrons. The van der Waals surface area contributed by atoms with Gasteiger partial charge in [0.25, 0.3) is 0 Å². The third-order valence-electron chi connectivity index (χ3n) is 3.44. The van der Waals surface area contributed by atoms with Crippen molar-refractivity contribution in [2.75, 3.05) is 0 Å². The van der Waals surface area contributed by atoms with Crippen LogP contribution in [0, 0.1) is 6.92 Å². The monoisotopic (exact) mass is 284 g/mol. The maximum atomic E-state index is 6.00. The third kappa shape index (κ3) is 3.82. The maximum Gasteiger partial charge on any atom is 0.219 e. The number of benzene rings is 1. The Morgan fingerprint density at radius 2 is 1.86 bits per heavy atom. The van der Waals surface area contributed by atoms with E-state index in [4.69, 9.17) is 10.5 Å². The minimum Gasteiger partial charge on any atom is -0.439 e. The zero-order valence-corrected chi connectivity index (χ0v) is 13.5. The Morgan fingerprint density at radius 3 is 2.38 bits per heavy atom. The van der Waals surface area contributed by atoms with E-state index in [0.717, 1.165) is 11.3 Å². The van der Waals surface area contributed by atoms with Crippen LogP contribution in [0.3, 0.4) is 0 Å². The number of nitrogens with zero attached hydrogens (tertiary/aromatic N) is 1. The first-order valence-electron chi connectivity index (χ1n) is 7.28.